The Morgan fingerprint density at radius 1 is 1.10 bits per heavy atom. The fourth-order valence-electron chi connectivity index (χ4n) is 3.59. The number of aromatic nitrogens is 2. The molecule has 0 saturated carbocycles. The molecule has 0 aliphatic carbocycles. The smallest absolute Gasteiger partial charge is 0.253 e. The van der Waals surface area contributed by atoms with Gasteiger partial charge in [-0.3, -0.25) is 9.78 Å². The predicted octanol–water partition coefficient (Wildman–Crippen LogP) is 4.84. The van der Waals surface area contributed by atoms with Crippen LogP contribution >= 0.6 is 0 Å². The molecule has 0 aliphatic heterocycles. The second-order valence-electron chi connectivity index (χ2n) is 7.96. The molecule has 0 bridgehead atoms. The topological polar surface area (TPSA) is 65.4 Å². The number of hydrogen-bond acceptors (Lipinski definition) is 4. The first-order valence-electron chi connectivity index (χ1n) is 10.5. The number of carbonyl (C=O) groups excluding carboxylic acids is 1. The van der Waals surface area contributed by atoms with Gasteiger partial charge in [-0.05, 0) is 70.5 Å². The van der Waals surface area contributed by atoms with E-state index in [1.807, 2.05) is 77.1 Å². The Hall–Kier alpha value is -3.28. The first-order chi connectivity index (χ1) is 14.8. The van der Waals surface area contributed by atoms with Crippen LogP contribution in [-0.2, 0) is 6.54 Å². The fourth-order valence-corrected chi connectivity index (χ4v) is 3.59. The summed E-state index contributed by atoms with van der Waals surface area (Å²) >= 11 is 0. The van der Waals surface area contributed by atoms with Crippen molar-refractivity contribution in [3.8, 4) is 11.5 Å². The molecule has 2 heterocycles. The van der Waals surface area contributed by atoms with Gasteiger partial charge in [0.2, 0.25) is 0 Å². The van der Waals surface area contributed by atoms with E-state index in [1.165, 1.54) is 0 Å². The number of nitrogens with zero attached hydrogens (tertiary/aromatic N) is 2. The molecule has 0 spiro atoms. The lowest BCUT2D eigenvalue weighted by Gasteiger charge is -2.18. The summed E-state index contributed by atoms with van der Waals surface area (Å²) in [5.41, 5.74) is 4.53. The van der Waals surface area contributed by atoms with Crippen molar-refractivity contribution >= 4 is 5.91 Å². The summed E-state index contributed by atoms with van der Waals surface area (Å²) in [6.07, 6.45) is 1.84. The Morgan fingerprint density at radius 2 is 1.87 bits per heavy atom. The van der Waals surface area contributed by atoms with E-state index in [1.54, 1.807) is 13.3 Å². The molecule has 31 heavy (non-hydrogen) atoms. The first kappa shape index (κ1) is 22.4. The molecular weight excluding hydrogens is 390 g/mol. The second-order valence-corrected chi connectivity index (χ2v) is 7.96. The van der Waals surface area contributed by atoms with Crippen molar-refractivity contribution in [1.82, 2.24) is 14.9 Å². The number of amides is 1. The lowest BCUT2D eigenvalue weighted by molar-refractivity contribution is 0.0939. The predicted molar refractivity (Wildman–Crippen MR) is 122 cm³/mol. The summed E-state index contributed by atoms with van der Waals surface area (Å²) in [4.78, 5) is 17.4. The van der Waals surface area contributed by atoms with Crippen molar-refractivity contribution in [2.24, 2.45) is 0 Å². The Labute approximate surface area is 184 Å². The summed E-state index contributed by atoms with van der Waals surface area (Å²) in [6, 6.07) is 13.3. The van der Waals surface area contributed by atoms with Crippen LogP contribution in [0.1, 0.15) is 59.8 Å². The lowest BCUT2D eigenvalue weighted by Crippen LogP contribution is -2.27. The number of hydrogen-bond donors (Lipinski definition) is 1. The van der Waals surface area contributed by atoms with E-state index in [0.717, 1.165) is 22.6 Å². The van der Waals surface area contributed by atoms with E-state index < -0.39 is 0 Å². The summed E-state index contributed by atoms with van der Waals surface area (Å²) in [5.74, 6) is 1.24. The van der Waals surface area contributed by atoms with Crippen molar-refractivity contribution < 1.29 is 14.3 Å². The molecule has 3 aromatic rings. The van der Waals surface area contributed by atoms with Gasteiger partial charge in [-0.15, -0.1) is 0 Å². The standard InChI is InChI=1S/C25H31N3O3/c1-16(2)31-23-11-10-20(14-24(23)30-6)18(4)27-25(29)22-13-17(3)28(19(22)5)15-21-9-7-8-12-26-21/h7-14,16,18H,15H2,1-6H3,(H,27,29). The maximum atomic E-state index is 13.0. The van der Waals surface area contributed by atoms with Crippen LogP contribution in [-0.4, -0.2) is 28.7 Å². The van der Waals surface area contributed by atoms with Gasteiger partial charge in [0.15, 0.2) is 11.5 Å². The highest BCUT2D eigenvalue weighted by Gasteiger charge is 2.19. The lowest BCUT2D eigenvalue weighted by atomic mass is 10.1. The van der Waals surface area contributed by atoms with Crippen LogP contribution in [0.5, 0.6) is 11.5 Å². The van der Waals surface area contributed by atoms with Gasteiger partial charge in [0.1, 0.15) is 0 Å². The molecule has 1 amide bonds. The highest BCUT2D eigenvalue weighted by atomic mass is 16.5. The van der Waals surface area contributed by atoms with Gasteiger partial charge in [0, 0.05) is 17.6 Å². The normalized spacial score (nSPS) is 12.0. The number of pyridine rings is 1. The highest BCUT2D eigenvalue weighted by Crippen LogP contribution is 2.31. The van der Waals surface area contributed by atoms with Crippen LogP contribution in [0.3, 0.4) is 0 Å². The Balaban J connectivity index is 1.76. The zero-order valence-electron chi connectivity index (χ0n) is 19.1. The van der Waals surface area contributed by atoms with Crippen molar-refractivity contribution in [1.29, 1.82) is 0 Å². The number of ether oxygens (including phenoxy) is 2. The van der Waals surface area contributed by atoms with Gasteiger partial charge in [-0.25, -0.2) is 0 Å². The number of methoxy groups -OCH3 is 1. The van der Waals surface area contributed by atoms with Gasteiger partial charge in [-0.2, -0.15) is 0 Å². The zero-order chi connectivity index (χ0) is 22.5. The van der Waals surface area contributed by atoms with Crippen LogP contribution in [0.25, 0.3) is 0 Å². The largest absolute Gasteiger partial charge is 0.493 e. The van der Waals surface area contributed by atoms with E-state index in [0.29, 0.717) is 23.6 Å². The molecule has 0 fully saturated rings. The van der Waals surface area contributed by atoms with Crippen molar-refractivity contribution in [3.05, 3.63) is 76.9 Å². The number of benzene rings is 1. The molecule has 164 valence electrons. The summed E-state index contributed by atoms with van der Waals surface area (Å²) in [7, 11) is 1.62. The number of carbonyl (C=O) groups is 1. The number of aryl methyl sites for hydroxylation is 1. The third kappa shape index (κ3) is 5.26. The maximum Gasteiger partial charge on any atom is 0.253 e. The molecule has 1 aromatic carbocycles. The molecule has 0 radical (unpaired) electrons. The first-order valence-corrected chi connectivity index (χ1v) is 10.5. The number of nitrogens with one attached hydrogen (secondary N) is 1. The average Bonchev–Trinajstić information content (AvgIpc) is 3.02. The van der Waals surface area contributed by atoms with E-state index in [9.17, 15) is 4.79 Å². The molecule has 0 saturated heterocycles. The van der Waals surface area contributed by atoms with Gasteiger partial charge < -0.3 is 19.4 Å². The summed E-state index contributed by atoms with van der Waals surface area (Å²) < 4.78 is 13.4. The van der Waals surface area contributed by atoms with Crippen LogP contribution < -0.4 is 14.8 Å². The Bertz CT molecular complexity index is 1040. The van der Waals surface area contributed by atoms with Gasteiger partial charge in [0.25, 0.3) is 5.91 Å². The van der Waals surface area contributed by atoms with Crippen molar-refractivity contribution in [3.63, 3.8) is 0 Å². The van der Waals surface area contributed by atoms with E-state index in [-0.39, 0.29) is 18.1 Å². The molecule has 1 unspecified atom stereocenters. The Morgan fingerprint density at radius 3 is 2.52 bits per heavy atom. The molecule has 6 nitrogen and oxygen atoms in total. The van der Waals surface area contributed by atoms with Gasteiger partial charge >= 0.3 is 0 Å². The third-order valence-electron chi connectivity index (χ3n) is 5.26. The van der Waals surface area contributed by atoms with Gasteiger partial charge in [0.05, 0.1) is 37.1 Å². The molecule has 6 heteroatoms. The number of rotatable bonds is 8. The van der Waals surface area contributed by atoms with Crippen molar-refractivity contribution in [2.75, 3.05) is 7.11 Å². The van der Waals surface area contributed by atoms with E-state index in [4.69, 9.17) is 9.47 Å². The third-order valence-corrected chi connectivity index (χ3v) is 5.26. The summed E-state index contributed by atoms with van der Waals surface area (Å²) in [5, 5.41) is 3.11. The molecule has 0 aliphatic rings. The van der Waals surface area contributed by atoms with Crippen LogP contribution in [0.4, 0.5) is 0 Å². The minimum atomic E-state index is -0.187. The molecule has 1 N–H and O–H groups in total. The molecular formula is C25H31N3O3. The SMILES string of the molecule is COc1cc(C(C)NC(=O)c2cc(C)n(Cc3ccccn3)c2C)ccc1OC(C)C. The zero-order valence-corrected chi connectivity index (χ0v) is 19.1. The van der Waals surface area contributed by atoms with E-state index in [2.05, 4.69) is 14.9 Å². The second kappa shape index (κ2) is 9.69. The average molecular weight is 422 g/mol. The van der Waals surface area contributed by atoms with Crippen LogP contribution in [0, 0.1) is 13.8 Å². The Kier molecular flexibility index (Phi) is 7.00. The summed E-state index contributed by atoms with van der Waals surface area (Å²) in [6.45, 7) is 10.5. The molecule has 1 atom stereocenters. The molecule has 2 aromatic heterocycles. The van der Waals surface area contributed by atoms with E-state index >= 15 is 0 Å². The quantitative estimate of drug-likeness (QED) is 0.565. The minimum Gasteiger partial charge on any atom is -0.493 e. The van der Waals surface area contributed by atoms with Crippen molar-refractivity contribution in [2.45, 2.75) is 53.3 Å². The molecule has 3 rings (SSSR count). The maximum absolute atomic E-state index is 13.0. The van der Waals surface area contributed by atoms with Crippen LogP contribution in [0.15, 0.2) is 48.7 Å². The minimum absolute atomic E-state index is 0.0539. The van der Waals surface area contributed by atoms with Crippen LogP contribution in [0.2, 0.25) is 0 Å². The fraction of sp³-hybridized carbons (Fsp3) is 0.360. The monoisotopic (exact) mass is 421 g/mol. The highest BCUT2D eigenvalue weighted by molar-refractivity contribution is 5.96. The van der Waals surface area contributed by atoms with Gasteiger partial charge in [-0.1, -0.05) is 12.1 Å².